The van der Waals surface area contributed by atoms with E-state index in [4.69, 9.17) is 4.74 Å². The number of methoxy groups -OCH3 is 1. The van der Waals surface area contributed by atoms with Crippen LogP contribution >= 0.6 is 11.3 Å². The molecule has 5 heteroatoms. The maximum Gasteiger partial charge on any atom is 0.248 e. The molecule has 0 spiro atoms. The van der Waals surface area contributed by atoms with E-state index in [-0.39, 0.29) is 5.91 Å². The number of nitrogens with zero attached hydrogens (tertiary/aromatic N) is 2. The summed E-state index contributed by atoms with van der Waals surface area (Å²) in [5.74, 6) is 0.722. The average molecular weight is 290 g/mol. The van der Waals surface area contributed by atoms with Crippen molar-refractivity contribution in [2.75, 3.05) is 7.11 Å². The topological polar surface area (TPSA) is 43.6 Å². The molecule has 2 rings (SSSR count). The van der Waals surface area contributed by atoms with E-state index in [1.54, 1.807) is 13.2 Å². The van der Waals surface area contributed by atoms with Crippen LogP contribution in [-0.2, 0) is 11.3 Å². The lowest BCUT2D eigenvalue weighted by Gasteiger charge is -2.02. The van der Waals surface area contributed by atoms with Crippen LogP contribution in [-0.4, -0.2) is 17.6 Å². The molecule has 0 aliphatic carbocycles. The van der Waals surface area contributed by atoms with Gasteiger partial charge in [-0.15, -0.1) is 6.58 Å². The number of benzene rings is 1. The lowest BCUT2D eigenvalue weighted by atomic mass is 10.3. The molecule has 0 fully saturated rings. The summed E-state index contributed by atoms with van der Waals surface area (Å²) < 4.78 is 8.28. The Morgan fingerprint density at radius 3 is 3.00 bits per heavy atom. The van der Waals surface area contributed by atoms with Crippen LogP contribution in [0.1, 0.15) is 19.8 Å². The van der Waals surface area contributed by atoms with Crippen molar-refractivity contribution in [2.24, 2.45) is 4.99 Å². The molecule has 0 unspecified atom stereocenters. The second kappa shape index (κ2) is 6.52. The SMILES string of the molecule is C=CCn1c(=NC(=O)CCC)sc2cc(OC)ccc21. The molecule has 1 amide bonds. The van der Waals surface area contributed by atoms with Crippen LogP contribution in [0.3, 0.4) is 0 Å². The molecule has 0 aliphatic heterocycles. The minimum atomic E-state index is -0.0798. The van der Waals surface area contributed by atoms with Crippen molar-refractivity contribution in [3.05, 3.63) is 35.7 Å². The van der Waals surface area contributed by atoms with Crippen molar-refractivity contribution < 1.29 is 9.53 Å². The van der Waals surface area contributed by atoms with E-state index in [9.17, 15) is 4.79 Å². The highest BCUT2D eigenvalue weighted by Gasteiger charge is 2.07. The van der Waals surface area contributed by atoms with E-state index in [2.05, 4.69) is 11.6 Å². The van der Waals surface area contributed by atoms with E-state index in [1.807, 2.05) is 29.7 Å². The summed E-state index contributed by atoms with van der Waals surface area (Å²) in [6.45, 7) is 6.37. The van der Waals surface area contributed by atoms with E-state index >= 15 is 0 Å². The van der Waals surface area contributed by atoms with Gasteiger partial charge in [-0.25, -0.2) is 0 Å². The molecule has 0 aliphatic rings. The molecule has 2 aromatic rings. The third-order valence-electron chi connectivity index (χ3n) is 2.89. The van der Waals surface area contributed by atoms with Crippen LogP contribution in [0.4, 0.5) is 0 Å². The number of carbonyl (C=O) groups excluding carboxylic acids is 1. The molecular weight excluding hydrogens is 272 g/mol. The van der Waals surface area contributed by atoms with Crippen LogP contribution in [0.15, 0.2) is 35.8 Å². The van der Waals surface area contributed by atoms with Gasteiger partial charge in [0.15, 0.2) is 4.80 Å². The number of hydrogen-bond acceptors (Lipinski definition) is 3. The third kappa shape index (κ3) is 2.99. The first-order chi connectivity index (χ1) is 9.69. The van der Waals surface area contributed by atoms with Gasteiger partial charge in [-0.3, -0.25) is 4.79 Å². The maximum absolute atomic E-state index is 11.7. The van der Waals surface area contributed by atoms with E-state index in [0.717, 1.165) is 22.4 Å². The van der Waals surface area contributed by atoms with Gasteiger partial charge in [-0.2, -0.15) is 4.99 Å². The molecule has 0 bridgehead atoms. The van der Waals surface area contributed by atoms with Crippen molar-refractivity contribution in [1.82, 2.24) is 4.57 Å². The van der Waals surface area contributed by atoms with Gasteiger partial charge in [0.25, 0.3) is 0 Å². The minimum Gasteiger partial charge on any atom is -0.497 e. The van der Waals surface area contributed by atoms with Gasteiger partial charge < -0.3 is 9.30 Å². The number of allylic oxidation sites excluding steroid dienone is 1. The van der Waals surface area contributed by atoms with Crippen molar-refractivity contribution in [3.63, 3.8) is 0 Å². The summed E-state index contributed by atoms with van der Waals surface area (Å²) in [6.07, 6.45) is 3.09. The van der Waals surface area contributed by atoms with Gasteiger partial charge in [-0.05, 0) is 24.6 Å². The first kappa shape index (κ1) is 14.5. The van der Waals surface area contributed by atoms with E-state index in [1.165, 1.54) is 11.3 Å². The van der Waals surface area contributed by atoms with Crippen LogP contribution in [0.25, 0.3) is 10.2 Å². The van der Waals surface area contributed by atoms with Crippen molar-refractivity contribution in [2.45, 2.75) is 26.3 Å². The normalized spacial score (nSPS) is 11.8. The Kier molecular flexibility index (Phi) is 4.74. The standard InChI is InChI=1S/C15H18N2O2S/c1-4-6-14(18)16-15-17(9-5-2)12-8-7-11(19-3)10-13(12)20-15/h5,7-8,10H,2,4,6,9H2,1,3H3. The first-order valence-electron chi connectivity index (χ1n) is 6.55. The number of amides is 1. The molecule has 20 heavy (non-hydrogen) atoms. The van der Waals surface area contributed by atoms with E-state index < -0.39 is 0 Å². The highest BCUT2D eigenvalue weighted by Crippen LogP contribution is 2.23. The number of thiazole rings is 1. The fourth-order valence-corrected chi connectivity index (χ4v) is 3.03. The van der Waals surface area contributed by atoms with Gasteiger partial charge >= 0.3 is 0 Å². The number of hydrogen-bond donors (Lipinski definition) is 0. The largest absolute Gasteiger partial charge is 0.497 e. The lowest BCUT2D eigenvalue weighted by Crippen LogP contribution is -2.16. The van der Waals surface area contributed by atoms with Gasteiger partial charge in [-0.1, -0.05) is 24.3 Å². The predicted molar refractivity (Wildman–Crippen MR) is 82.0 cm³/mol. The van der Waals surface area contributed by atoms with Crippen LogP contribution in [0.5, 0.6) is 5.75 Å². The molecule has 1 heterocycles. The highest BCUT2D eigenvalue weighted by atomic mass is 32.1. The predicted octanol–water partition coefficient (Wildman–Crippen LogP) is 3.12. The Labute approximate surface area is 122 Å². The zero-order chi connectivity index (χ0) is 14.5. The van der Waals surface area contributed by atoms with Crippen LogP contribution in [0.2, 0.25) is 0 Å². The summed E-state index contributed by atoms with van der Waals surface area (Å²) in [7, 11) is 1.64. The van der Waals surface area contributed by atoms with Crippen LogP contribution in [0, 0.1) is 0 Å². The summed E-state index contributed by atoms with van der Waals surface area (Å²) in [4.78, 5) is 16.7. The number of aromatic nitrogens is 1. The Hall–Kier alpha value is -1.88. The average Bonchev–Trinajstić information content (AvgIpc) is 2.76. The monoisotopic (exact) mass is 290 g/mol. The second-order valence-electron chi connectivity index (χ2n) is 4.37. The van der Waals surface area contributed by atoms with Crippen molar-refractivity contribution in [3.8, 4) is 5.75 Å². The molecule has 0 radical (unpaired) electrons. The van der Waals surface area contributed by atoms with Gasteiger partial charge in [0.2, 0.25) is 5.91 Å². The van der Waals surface area contributed by atoms with Crippen LogP contribution < -0.4 is 9.54 Å². The summed E-state index contributed by atoms with van der Waals surface area (Å²) in [6, 6.07) is 5.85. The first-order valence-corrected chi connectivity index (χ1v) is 7.37. The number of fused-ring (bicyclic) bond motifs is 1. The fourth-order valence-electron chi connectivity index (χ4n) is 1.95. The Balaban J connectivity index is 2.60. The van der Waals surface area contributed by atoms with Crippen molar-refractivity contribution >= 4 is 27.5 Å². The molecule has 0 N–H and O–H groups in total. The molecule has 0 saturated heterocycles. The molecule has 0 atom stereocenters. The quantitative estimate of drug-likeness (QED) is 0.794. The molecule has 4 nitrogen and oxygen atoms in total. The van der Waals surface area contributed by atoms with E-state index in [0.29, 0.717) is 17.8 Å². The maximum atomic E-state index is 11.7. The zero-order valence-corrected chi connectivity index (χ0v) is 12.6. The Morgan fingerprint density at radius 2 is 2.35 bits per heavy atom. The lowest BCUT2D eigenvalue weighted by molar-refractivity contribution is -0.118. The smallest absolute Gasteiger partial charge is 0.248 e. The highest BCUT2D eigenvalue weighted by molar-refractivity contribution is 7.16. The number of ether oxygens (including phenoxy) is 1. The number of carbonyl (C=O) groups is 1. The molecule has 106 valence electrons. The fraction of sp³-hybridized carbons (Fsp3) is 0.333. The Morgan fingerprint density at radius 1 is 1.55 bits per heavy atom. The zero-order valence-electron chi connectivity index (χ0n) is 11.8. The third-order valence-corrected chi connectivity index (χ3v) is 3.93. The Bertz CT molecular complexity index is 697. The van der Waals surface area contributed by atoms with Gasteiger partial charge in [0.1, 0.15) is 5.75 Å². The molecule has 1 aromatic heterocycles. The minimum absolute atomic E-state index is 0.0798. The molecular formula is C15H18N2O2S. The molecule has 1 aromatic carbocycles. The summed E-state index contributed by atoms with van der Waals surface area (Å²) in [5, 5.41) is 0. The van der Waals surface area contributed by atoms with Gasteiger partial charge in [0, 0.05) is 13.0 Å². The second-order valence-corrected chi connectivity index (χ2v) is 5.38. The summed E-state index contributed by atoms with van der Waals surface area (Å²) >= 11 is 1.50. The van der Waals surface area contributed by atoms with Gasteiger partial charge in [0.05, 0.1) is 17.3 Å². The van der Waals surface area contributed by atoms with Crippen molar-refractivity contribution in [1.29, 1.82) is 0 Å². The number of rotatable bonds is 5. The molecule has 0 saturated carbocycles. The summed E-state index contributed by atoms with van der Waals surface area (Å²) in [5.41, 5.74) is 1.04.